The predicted molar refractivity (Wildman–Crippen MR) is 74.8 cm³/mol. The highest BCUT2D eigenvalue weighted by molar-refractivity contribution is 5.99. The Morgan fingerprint density at radius 3 is 2.83 bits per heavy atom. The van der Waals surface area contributed by atoms with Crippen LogP contribution in [-0.4, -0.2) is 24.0 Å². The van der Waals surface area contributed by atoms with Crippen LogP contribution >= 0.6 is 0 Å². The molecule has 2 N–H and O–H groups in total. The van der Waals surface area contributed by atoms with Gasteiger partial charge in [0, 0.05) is 19.3 Å². The van der Waals surface area contributed by atoms with Crippen molar-refractivity contribution in [2.45, 2.75) is 33.6 Å². The Morgan fingerprint density at radius 2 is 2.17 bits per heavy atom. The van der Waals surface area contributed by atoms with E-state index in [0.717, 1.165) is 25.1 Å². The Morgan fingerprint density at radius 1 is 1.39 bits per heavy atom. The van der Waals surface area contributed by atoms with E-state index in [-0.39, 0.29) is 5.91 Å². The molecule has 0 unspecified atom stereocenters. The number of nitrogens with zero attached hydrogens (tertiary/aromatic N) is 1. The smallest absolute Gasteiger partial charge is 0.253 e. The number of hydrogen-bond acceptors (Lipinski definition) is 3. The van der Waals surface area contributed by atoms with Gasteiger partial charge in [0.1, 0.15) is 0 Å². The second-order valence-corrected chi connectivity index (χ2v) is 4.79. The van der Waals surface area contributed by atoms with E-state index < -0.39 is 0 Å². The van der Waals surface area contributed by atoms with Crippen molar-refractivity contribution in [3.05, 3.63) is 24.0 Å². The van der Waals surface area contributed by atoms with Gasteiger partial charge in [-0.3, -0.25) is 9.78 Å². The van der Waals surface area contributed by atoms with Crippen LogP contribution in [0.1, 0.15) is 44.0 Å². The summed E-state index contributed by atoms with van der Waals surface area (Å²) in [5.74, 6) is 0.567. The molecule has 0 aliphatic rings. The van der Waals surface area contributed by atoms with Gasteiger partial charge in [-0.25, -0.2) is 0 Å². The third kappa shape index (κ3) is 4.73. The molecule has 0 atom stereocenters. The first-order valence-electron chi connectivity index (χ1n) is 6.61. The molecule has 0 saturated heterocycles. The number of anilines is 1. The first-order valence-corrected chi connectivity index (χ1v) is 6.61. The summed E-state index contributed by atoms with van der Waals surface area (Å²) >= 11 is 0. The molecule has 18 heavy (non-hydrogen) atoms. The van der Waals surface area contributed by atoms with Crippen molar-refractivity contribution in [3.63, 3.8) is 0 Å². The molecule has 1 aromatic heterocycles. The van der Waals surface area contributed by atoms with Crippen LogP contribution in [-0.2, 0) is 0 Å². The standard InChI is InChI=1S/C14H23N3O/c1-4-7-16-13-10-15-8-6-12(13)14(18)17-9-5-11(2)3/h6,8,10-11,16H,4-5,7,9H2,1-3H3,(H,17,18). The minimum atomic E-state index is -0.0309. The maximum absolute atomic E-state index is 12.0. The lowest BCUT2D eigenvalue weighted by atomic mass is 10.1. The molecule has 0 saturated carbocycles. The average molecular weight is 249 g/mol. The maximum atomic E-state index is 12.0. The van der Waals surface area contributed by atoms with Crippen molar-refractivity contribution in [1.82, 2.24) is 10.3 Å². The number of pyridine rings is 1. The molecule has 4 nitrogen and oxygen atoms in total. The van der Waals surface area contributed by atoms with Gasteiger partial charge in [0.2, 0.25) is 0 Å². The van der Waals surface area contributed by atoms with Gasteiger partial charge in [-0.15, -0.1) is 0 Å². The molecule has 0 spiro atoms. The fourth-order valence-electron chi connectivity index (χ4n) is 1.56. The van der Waals surface area contributed by atoms with Gasteiger partial charge < -0.3 is 10.6 Å². The summed E-state index contributed by atoms with van der Waals surface area (Å²) in [5, 5.41) is 6.16. The van der Waals surface area contributed by atoms with Gasteiger partial charge >= 0.3 is 0 Å². The Bertz CT molecular complexity index is 377. The molecular formula is C14H23N3O. The number of carbonyl (C=O) groups excluding carboxylic acids is 1. The summed E-state index contributed by atoms with van der Waals surface area (Å²) in [6.07, 6.45) is 5.36. The van der Waals surface area contributed by atoms with E-state index in [2.05, 4.69) is 36.4 Å². The predicted octanol–water partition coefficient (Wildman–Crippen LogP) is 2.68. The van der Waals surface area contributed by atoms with Crippen LogP contribution in [0.25, 0.3) is 0 Å². The van der Waals surface area contributed by atoms with Gasteiger partial charge in [-0.05, 0) is 24.8 Å². The number of aromatic nitrogens is 1. The fourth-order valence-corrected chi connectivity index (χ4v) is 1.56. The van der Waals surface area contributed by atoms with E-state index in [9.17, 15) is 4.79 Å². The number of rotatable bonds is 7. The van der Waals surface area contributed by atoms with Crippen molar-refractivity contribution in [2.75, 3.05) is 18.4 Å². The highest BCUT2D eigenvalue weighted by atomic mass is 16.1. The summed E-state index contributed by atoms with van der Waals surface area (Å²) in [4.78, 5) is 16.1. The average Bonchev–Trinajstić information content (AvgIpc) is 2.36. The first kappa shape index (κ1) is 14.5. The van der Waals surface area contributed by atoms with Gasteiger partial charge in [0.25, 0.3) is 5.91 Å². The van der Waals surface area contributed by atoms with Crippen molar-refractivity contribution in [2.24, 2.45) is 5.92 Å². The zero-order chi connectivity index (χ0) is 13.4. The molecule has 0 fully saturated rings. The Hall–Kier alpha value is -1.58. The van der Waals surface area contributed by atoms with Crippen molar-refractivity contribution in [3.8, 4) is 0 Å². The van der Waals surface area contributed by atoms with Crippen LogP contribution in [0.4, 0.5) is 5.69 Å². The van der Waals surface area contributed by atoms with Crippen LogP contribution in [0.15, 0.2) is 18.5 Å². The van der Waals surface area contributed by atoms with Crippen LogP contribution in [0.5, 0.6) is 0 Å². The van der Waals surface area contributed by atoms with E-state index in [0.29, 0.717) is 18.0 Å². The topological polar surface area (TPSA) is 54.0 Å². The molecule has 1 heterocycles. The third-order valence-electron chi connectivity index (χ3n) is 2.64. The van der Waals surface area contributed by atoms with Gasteiger partial charge in [-0.2, -0.15) is 0 Å². The second-order valence-electron chi connectivity index (χ2n) is 4.79. The summed E-state index contributed by atoms with van der Waals surface area (Å²) in [5.41, 5.74) is 1.48. The number of hydrogen-bond donors (Lipinski definition) is 2. The maximum Gasteiger partial charge on any atom is 0.253 e. The zero-order valence-corrected chi connectivity index (χ0v) is 11.5. The quantitative estimate of drug-likeness (QED) is 0.781. The Kier molecular flexibility index (Phi) is 6.19. The van der Waals surface area contributed by atoms with Crippen molar-refractivity contribution >= 4 is 11.6 Å². The molecule has 100 valence electrons. The highest BCUT2D eigenvalue weighted by Crippen LogP contribution is 2.13. The van der Waals surface area contributed by atoms with Crippen molar-refractivity contribution < 1.29 is 4.79 Å². The Labute approximate surface area is 109 Å². The van der Waals surface area contributed by atoms with E-state index in [1.807, 2.05) is 0 Å². The number of amides is 1. The van der Waals surface area contributed by atoms with Gasteiger partial charge in [-0.1, -0.05) is 20.8 Å². The van der Waals surface area contributed by atoms with E-state index in [1.54, 1.807) is 18.5 Å². The summed E-state index contributed by atoms with van der Waals surface area (Å²) in [7, 11) is 0. The normalized spacial score (nSPS) is 10.4. The minimum absolute atomic E-state index is 0.0309. The first-order chi connectivity index (χ1) is 8.65. The summed E-state index contributed by atoms with van der Waals surface area (Å²) in [6.45, 7) is 7.94. The molecule has 0 bridgehead atoms. The summed E-state index contributed by atoms with van der Waals surface area (Å²) in [6, 6.07) is 1.75. The van der Waals surface area contributed by atoms with E-state index in [4.69, 9.17) is 0 Å². The molecular weight excluding hydrogens is 226 g/mol. The molecule has 4 heteroatoms. The third-order valence-corrected chi connectivity index (χ3v) is 2.64. The molecule has 1 rings (SSSR count). The highest BCUT2D eigenvalue weighted by Gasteiger charge is 2.10. The fraction of sp³-hybridized carbons (Fsp3) is 0.571. The number of nitrogens with one attached hydrogen (secondary N) is 2. The second kappa shape index (κ2) is 7.69. The molecule has 1 amide bonds. The number of carbonyl (C=O) groups is 1. The van der Waals surface area contributed by atoms with Crippen molar-refractivity contribution in [1.29, 1.82) is 0 Å². The molecule has 0 aliphatic heterocycles. The zero-order valence-electron chi connectivity index (χ0n) is 11.5. The molecule has 1 aromatic rings. The van der Waals surface area contributed by atoms with Crippen LogP contribution in [0.3, 0.4) is 0 Å². The monoisotopic (exact) mass is 249 g/mol. The SMILES string of the molecule is CCCNc1cnccc1C(=O)NCCC(C)C. The minimum Gasteiger partial charge on any atom is -0.383 e. The lowest BCUT2D eigenvalue weighted by Gasteiger charge is -2.11. The summed E-state index contributed by atoms with van der Waals surface area (Å²) < 4.78 is 0. The van der Waals surface area contributed by atoms with Crippen LogP contribution in [0.2, 0.25) is 0 Å². The van der Waals surface area contributed by atoms with Gasteiger partial charge in [0.05, 0.1) is 17.4 Å². The molecule has 0 radical (unpaired) electrons. The van der Waals surface area contributed by atoms with Crippen LogP contribution < -0.4 is 10.6 Å². The Balaban J connectivity index is 2.60. The lowest BCUT2D eigenvalue weighted by molar-refractivity contribution is 0.0952. The lowest BCUT2D eigenvalue weighted by Crippen LogP contribution is -2.26. The molecule has 0 aliphatic carbocycles. The van der Waals surface area contributed by atoms with E-state index >= 15 is 0 Å². The largest absolute Gasteiger partial charge is 0.383 e. The van der Waals surface area contributed by atoms with E-state index in [1.165, 1.54) is 0 Å². The van der Waals surface area contributed by atoms with Gasteiger partial charge in [0.15, 0.2) is 0 Å². The molecule has 0 aromatic carbocycles. The van der Waals surface area contributed by atoms with Crippen LogP contribution in [0, 0.1) is 5.92 Å².